The minimum absolute atomic E-state index is 0.0377. The Morgan fingerprint density at radius 2 is 2.24 bits per heavy atom. The third-order valence-electron chi connectivity index (χ3n) is 2.90. The van der Waals surface area contributed by atoms with Crippen LogP contribution in [0.25, 0.3) is 0 Å². The van der Waals surface area contributed by atoms with Gasteiger partial charge >= 0.3 is 5.69 Å². The molecule has 2 aromatic rings. The van der Waals surface area contributed by atoms with Crippen molar-refractivity contribution in [3.8, 4) is 6.07 Å². The number of halogens is 1. The number of nitro groups is 1. The standard InChI is InChI=1S/C14H11FN4O2/c1-9(11-3-2-4-12(15)6-11)18-14-13(19(20)21)5-10(7-16)8-17-14/h2-6,8-9H,1H3,(H,17,18). The van der Waals surface area contributed by atoms with Gasteiger partial charge in [-0.2, -0.15) is 5.26 Å². The van der Waals surface area contributed by atoms with E-state index in [0.717, 1.165) is 6.07 Å². The summed E-state index contributed by atoms with van der Waals surface area (Å²) in [6.45, 7) is 1.73. The summed E-state index contributed by atoms with van der Waals surface area (Å²) in [5, 5.41) is 22.6. The van der Waals surface area contributed by atoms with Crippen LogP contribution in [0.5, 0.6) is 0 Å². The quantitative estimate of drug-likeness (QED) is 0.688. The molecule has 0 bridgehead atoms. The third kappa shape index (κ3) is 3.30. The highest BCUT2D eigenvalue weighted by atomic mass is 19.1. The largest absolute Gasteiger partial charge is 0.358 e. The highest BCUT2D eigenvalue weighted by Crippen LogP contribution is 2.26. The first kappa shape index (κ1) is 14.4. The van der Waals surface area contributed by atoms with E-state index in [1.165, 1.54) is 18.3 Å². The second-order valence-electron chi connectivity index (χ2n) is 4.38. The molecule has 0 saturated carbocycles. The summed E-state index contributed by atoms with van der Waals surface area (Å²) >= 11 is 0. The lowest BCUT2D eigenvalue weighted by Crippen LogP contribution is -2.10. The fourth-order valence-electron chi connectivity index (χ4n) is 1.83. The van der Waals surface area contributed by atoms with Gasteiger partial charge in [0.25, 0.3) is 0 Å². The highest BCUT2D eigenvalue weighted by molar-refractivity contribution is 5.59. The number of benzene rings is 1. The molecule has 0 aliphatic carbocycles. The maximum Gasteiger partial charge on any atom is 0.312 e. The van der Waals surface area contributed by atoms with Gasteiger partial charge in [0.15, 0.2) is 0 Å². The van der Waals surface area contributed by atoms with Crippen molar-refractivity contribution in [3.05, 3.63) is 63.6 Å². The van der Waals surface area contributed by atoms with Gasteiger partial charge in [-0.3, -0.25) is 10.1 Å². The van der Waals surface area contributed by atoms with Crippen LogP contribution in [0.15, 0.2) is 36.5 Å². The number of pyridine rings is 1. The van der Waals surface area contributed by atoms with E-state index in [1.54, 1.807) is 25.1 Å². The first-order chi connectivity index (χ1) is 10.0. The summed E-state index contributed by atoms with van der Waals surface area (Å²) in [7, 11) is 0. The van der Waals surface area contributed by atoms with E-state index in [4.69, 9.17) is 5.26 Å². The van der Waals surface area contributed by atoms with Gasteiger partial charge in [-0.25, -0.2) is 9.37 Å². The number of nitrogens with one attached hydrogen (secondary N) is 1. The number of nitrogens with zero attached hydrogens (tertiary/aromatic N) is 3. The van der Waals surface area contributed by atoms with Crippen molar-refractivity contribution >= 4 is 11.5 Å². The fourth-order valence-corrected chi connectivity index (χ4v) is 1.83. The number of rotatable bonds is 4. The van der Waals surface area contributed by atoms with Crippen molar-refractivity contribution in [2.75, 3.05) is 5.32 Å². The summed E-state index contributed by atoms with van der Waals surface area (Å²) in [5.74, 6) is -0.348. The van der Waals surface area contributed by atoms with Crippen LogP contribution < -0.4 is 5.32 Å². The molecule has 0 saturated heterocycles. The van der Waals surface area contributed by atoms with Gasteiger partial charge in [-0.05, 0) is 24.6 Å². The maximum atomic E-state index is 13.2. The number of hydrogen-bond acceptors (Lipinski definition) is 5. The molecule has 0 aliphatic heterocycles. The lowest BCUT2D eigenvalue weighted by Gasteiger charge is -2.15. The van der Waals surface area contributed by atoms with Crippen LogP contribution in [0.2, 0.25) is 0 Å². The summed E-state index contributed by atoms with van der Waals surface area (Å²) in [4.78, 5) is 14.3. The second kappa shape index (κ2) is 5.96. The van der Waals surface area contributed by atoms with Crippen LogP contribution in [0.4, 0.5) is 15.9 Å². The Morgan fingerprint density at radius 1 is 1.48 bits per heavy atom. The van der Waals surface area contributed by atoms with Gasteiger partial charge in [0, 0.05) is 12.3 Å². The molecule has 6 nitrogen and oxygen atoms in total. The van der Waals surface area contributed by atoms with Crippen LogP contribution in [0, 0.1) is 27.3 Å². The van der Waals surface area contributed by atoms with Crippen LogP contribution in [-0.4, -0.2) is 9.91 Å². The first-order valence-electron chi connectivity index (χ1n) is 6.08. The summed E-state index contributed by atoms with van der Waals surface area (Å²) in [6.07, 6.45) is 1.24. The van der Waals surface area contributed by atoms with Crippen LogP contribution in [-0.2, 0) is 0 Å². The average Bonchev–Trinajstić information content (AvgIpc) is 2.47. The van der Waals surface area contributed by atoms with E-state index < -0.39 is 4.92 Å². The highest BCUT2D eigenvalue weighted by Gasteiger charge is 2.18. The Balaban J connectivity index is 2.31. The zero-order valence-corrected chi connectivity index (χ0v) is 11.1. The second-order valence-corrected chi connectivity index (χ2v) is 4.38. The van der Waals surface area contributed by atoms with Crippen LogP contribution in [0.3, 0.4) is 0 Å². The molecule has 2 rings (SSSR count). The van der Waals surface area contributed by atoms with Gasteiger partial charge in [-0.15, -0.1) is 0 Å². The molecule has 106 valence electrons. The molecule has 0 radical (unpaired) electrons. The number of hydrogen-bond donors (Lipinski definition) is 1. The van der Waals surface area contributed by atoms with Crippen molar-refractivity contribution in [2.45, 2.75) is 13.0 Å². The predicted molar refractivity (Wildman–Crippen MR) is 74.0 cm³/mol. The summed E-state index contributed by atoms with van der Waals surface area (Å²) in [5.41, 5.74) is 0.443. The molecule has 0 fully saturated rings. The fraction of sp³-hybridized carbons (Fsp3) is 0.143. The first-order valence-corrected chi connectivity index (χ1v) is 6.08. The minimum atomic E-state index is -0.617. The molecule has 1 heterocycles. The maximum absolute atomic E-state index is 13.2. The molecule has 0 aliphatic rings. The van der Waals surface area contributed by atoms with E-state index >= 15 is 0 Å². The summed E-state index contributed by atoms with van der Waals surface area (Å²) < 4.78 is 13.2. The molecule has 0 amide bonds. The van der Waals surface area contributed by atoms with E-state index in [0.29, 0.717) is 5.56 Å². The topological polar surface area (TPSA) is 91.8 Å². The average molecular weight is 286 g/mol. The van der Waals surface area contributed by atoms with Gasteiger partial charge in [0.05, 0.1) is 16.5 Å². The molecule has 1 aromatic heterocycles. The molecule has 7 heteroatoms. The Hall–Kier alpha value is -3.01. The molecule has 1 unspecified atom stereocenters. The number of nitriles is 1. The minimum Gasteiger partial charge on any atom is -0.358 e. The van der Waals surface area contributed by atoms with Crippen LogP contribution in [0.1, 0.15) is 24.1 Å². The zero-order chi connectivity index (χ0) is 15.4. The van der Waals surface area contributed by atoms with E-state index in [2.05, 4.69) is 10.3 Å². The monoisotopic (exact) mass is 286 g/mol. The van der Waals surface area contributed by atoms with Crippen molar-refractivity contribution in [2.24, 2.45) is 0 Å². The smallest absolute Gasteiger partial charge is 0.312 e. The van der Waals surface area contributed by atoms with E-state index in [9.17, 15) is 14.5 Å². The molecule has 0 spiro atoms. The summed E-state index contributed by atoms with van der Waals surface area (Å²) in [6, 6.07) is 8.49. The van der Waals surface area contributed by atoms with Gasteiger partial charge in [0.1, 0.15) is 11.9 Å². The zero-order valence-electron chi connectivity index (χ0n) is 11.1. The Kier molecular flexibility index (Phi) is 4.09. The molecule has 1 N–H and O–H groups in total. The number of aromatic nitrogens is 1. The SMILES string of the molecule is CC(Nc1ncc(C#N)cc1[N+](=O)[O-])c1cccc(F)c1. The van der Waals surface area contributed by atoms with Gasteiger partial charge < -0.3 is 5.32 Å². The third-order valence-corrected chi connectivity index (χ3v) is 2.90. The molecule has 1 atom stereocenters. The molecular formula is C14H11FN4O2. The van der Waals surface area contributed by atoms with E-state index in [1.807, 2.05) is 0 Å². The van der Waals surface area contributed by atoms with Crippen molar-refractivity contribution in [1.82, 2.24) is 4.98 Å². The van der Waals surface area contributed by atoms with E-state index in [-0.39, 0.29) is 28.9 Å². The molecule has 21 heavy (non-hydrogen) atoms. The van der Waals surface area contributed by atoms with Gasteiger partial charge in [-0.1, -0.05) is 12.1 Å². The lowest BCUT2D eigenvalue weighted by atomic mass is 10.1. The normalized spacial score (nSPS) is 11.5. The predicted octanol–water partition coefficient (Wildman–Crippen LogP) is 3.17. The Morgan fingerprint density at radius 3 is 2.86 bits per heavy atom. The Labute approximate surface area is 120 Å². The lowest BCUT2D eigenvalue weighted by molar-refractivity contribution is -0.384. The van der Waals surface area contributed by atoms with Crippen molar-refractivity contribution < 1.29 is 9.31 Å². The Bertz CT molecular complexity index is 727. The van der Waals surface area contributed by atoms with Crippen molar-refractivity contribution in [1.29, 1.82) is 5.26 Å². The van der Waals surface area contributed by atoms with Gasteiger partial charge in [0.2, 0.25) is 5.82 Å². The molecule has 1 aromatic carbocycles. The van der Waals surface area contributed by atoms with Crippen molar-refractivity contribution in [3.63, 3.8) is 0 Å². The molecular weight excluding hydrogens is 275 g/mol. The van der Waals surface area contributed by atoms with Crippen LogP contribution >= 0.6 is 0 Å². The number of anilines is 1.